The molecular formula is C16H13ClN4O3. The van der Waals surface area contributed by atoms with E-state index in [4.69, 9.17) is 20.8 Å². The molecule has 1 aliphatic heterocycles. The third-order valence-corrected chi connectivity index (χ3v) is 4.01. The molecule has 4 rings (SSSR count). The van der Waals surface area contributed by atoms with Crippen LogP contribution in [0.2, 0.25) is 5.02 Å². The van der Waals surface area contributed by atoms with Gasteiger partial charge in [-0.3, -0.25) is 9.89 Å². The number of furan rings is 1. The summed E-state index contributed by atoms with van der Waals surface area (Å²) in [4.78, 5) is 18.1. The van der Waals surface area contributed by atoms with E-state index in [-0.39, 0.29) is 12.0 Å². The maximum atomic E-state index is 12.4. The molecule has 1 saturated heterocycles. The number of ether oxygens (including phenoxy) is 1. The standard InChI is InChI=1S/C16H13ClN4O3/c17-11-3-1-5-18-15(11)24-10-8-21(9-10)16(22)13-7-12(19-20-13)14-4-2-6-23-14/h1-7,10H,8-9H2,(H,19,20). The summed E-state index contributed by atoms with van der Waals surface area (Å²) < 4.78 is 11.0. The zero-order chi connectivity index (χ0) is 16.5. The van der Waals surface area contributed by atoms with E-state index >= 15 is 0 Å². The van der Waals surface area contributed by atoms with Gasteiger partial charge in [0, 0.05) is 12.3 Å². The van der Waals surface area contributed by atoms with Crippen LogP contribution in [0.3, 0.4) is 0 Å². The van der Waals surface area contributed by atoms with Crippen LogP contribution in [0, 0.1) is 0 Å². The summed E-state index contributed by atoms with van der Waals surface area (Å²) in [6.07, 6.45) is 3.06. The molecule has 0 atom stereocenters. The number of nitrogens with one attached hydrogen (secondary N) is 1. The second-order valence-electron chi connectivity index (χ2n) is 5.38. The van der Waals surface area contributed by atoms with Gasteiger partial charge >= 0.3 is 0 Å². The van der Waals surface area contributed by atoms with Gasteiger partial charge in [0.15, 0.2) is 11.5 Å². The third-order valence-electron chi connectivity index (χ3n) is 3.72. The van der Waals surface area contributed by atoms with Gasteiger partial charge in [-0.2, -0.15) is 5.10 Å². The van der Waals surface area contributed by atoms with Crippen LogP contribution in [-0.2, 0) is 0 Å². The van der Waals surface area contributed by atoms with Crippen molar-refractivity contribution >= 4 is 17.5 Å². The summed E-state index contributed by atoms with van der Waals surface area (Å²) >= 11 is 6.00. The Bertz CT molecular complexity index is 856. The molecule has 0 unspecified atom stereocenters. The van der Waals surface area contributed by atoms with Gasteiger partial charge < -0.3 is 14.1 Å². The second kappa shape index (κ2) is 6.01. The topological polar surface area (TPSA) is 84.2 Å². The highest BCUT2D eigenvalue weighted by molar-refractivity contribution is 6.31. The smallest absolute Gasteiger partial charge is 0.274 e. The molecule has 24 heavy (non-hydrogen) atoms. The average Bonchev–Trinajstić information content (AvgIpc) is 3.22. The van der Waals surface area contributed by atoms with Crippen LogP contribution >= 0.6 is 11.6 Å². The van der Waals surface area contributed by atoms with E-state index in [1.165, 1.54) is 0 Å². The zero-order valence-corrected chi connectivity index (χ0v) is 13.2. The van der Waals surface area contributed by atoms with Gasteiger partial charge in [-0.1, -0.05) is 11.6 Å². The summed E-state index contributed by atoms with van der Waals surface area (Å²) in [6, 6.07) is 8.69. The maximum Gasteiger partial charge on any atom is 0.274 e. The van der Waals surface area contributed by atoms with Gasteiger partial charge in [0.2, 0.25) is 5.88 Å². The number of H-pyrrole nitrogens is 1. The molecule has 8 heteroatoms. The van der Waals surface area contributed by atoms with Crippen molar-refractivity contribution in [3.8, 4) is 17.3 Å². The lowest BCUT2D eigenvalue weighted by molar-refractivity contribution is 0.0156. The number of pyridine rings is 1. The maximum absolute atomic E-state index is 12.4. The van der Waals surface area contributed by atoms with Gasteiger partial charge in [-0.25, -0.2) is 4.98 Å². The van der Waals surface area contributed by atoms with Gasteiger partial charge in [0.05, 0.1) is 19.4 Å². The summed E-state index contributed by atoms with van der Waals surface area (Å²) in [5.41, 5.74) is 1.01. The van der Waals surface area contributed by atoms with Crippen LogP contribution in [0.5, 0.6) is 5.88 Å². The molecule has 0 spiro atoms. The molecule has 122 valence electrons. The summed E-state index contributed by atoms with van der Waals surface area (Å²) in [5.74, 6) is 0.864. The Morgan fingerprint density at radius 3 is 3.00 bits per heavy atom. The fourth-order valence-electron chi connectivity index (χ4n) is 2.45. The number of aromatic nitrogens is 3. The average molecular weight is 345 g/mol. The van der Waals surface area contributed by atoms with Gasteiger partial charge in [-0.15, -0.1) is 0 Å². The van der Waals surface area contributed by atoms with E-state index in [2.05, 4.69) is 15.2 Å². The lowest BCUT2D eigenvalue weighted by atomic mass is 10.1. The normalized spacial score (nSPS) is 14.5. The van der Waals surface area contributed by atoms with Crippen LogP contribution in [0.4, 0.5) is 0 Å². The van der Waals surface area contributed by atoms with Crippen LogP contribution in [0.15, 0.2) is 47.2 Å². The first kappa shape index (κ1) is 14.8. The summed E-state index contributed by atoms with van der Waals surface area (Å²) in [6.45, 7) is 0.934. The number of rotatable bonds is 4. The highest BCUT2D eigenvalue weighted by atomic mass is 35.5. The monoisotopic (exact) mass is 344 g/mol. The molecule has 1 N–H and O–H groups in total. The number of carbonyl (C=O) groups is 1. The molecule has 0 aromatic carbocycles. The number of nitrogens with zero attached hydrogens (tertiary/aromatic N) is 3. The molecule has 0 bridgehead atoms. The van der Waals surface area contributed by atoms with Crippen LogP contribution in [0.25, 0.3) is 11.5 Å². The number of carbonyl (C=O) groups excluding carboxylic acids is 1. The molecule has 1 amide bonds. The second-order valence-corrected chi connectivity index (χ2v) is 5.79. The molecule has 0 saturated carbocycles. The lowest BCUT2D eigenvalue weighted by Crippen LogP contribution is -2.56. The predicted octanol–water partition coefficient (Wildman–Crippen LogP) is 2.62. The molecule has 3 aromatic rings. The van der Waals surface area contributed by atoms with Crippen LogP contribution < -0.4 is 4.74 Å². The predicted molar refractivity (Wildman–Crippen MR) is 85.9 cm³/mol. The van der Waals surface area contributed by atoms with Crippen molar-refractivity contribution in [1.29, 1.82) is 0 Å². The summed E-state index contributed by atoms with van der Waals surface area (Å²) in [5, 5.41) is 7.30. The van der Waals surface area contributed by atoms with Crippen molar-refractivity contribution in [2.24, 2.45) is 0 Å². The number of amides is 1. The Kier molecular flexibility index (Phi) is 3.70. The molecule has 0 aliphatic carbocycles. The highest BCUT2D eigenvalue weighted by Crippen LogP contribution is 2.25. The molecule has 7 nitrogen and oxygen atoms in total. The van der Waals surface area contributed by atoms with E-state index in [0.29, 0.717) is 41.1 Å². The lowest BCUT2D eigenvalue weighted by Gasteiger charge is -2.38. The van der Waals surface area contributed by atoms with Crippen molar-refractivity contribution in [2.45, 2.75) is 6.10 Å². The fraction of sp³-hybridized carbons (Fsp3) is 0.188. The molecule has 3 aromatic heterocycles. The Morgan fingerprint density at radius 1 is 1.38 bits per heavy atom. The highest BCUT2D eigenvalue weighted by Gasteiger charge is 2.34. The van der Waals surface area contributed by atoms with Crippen molar-refractivity contribution in [1.82, 2.24) is 20.1 Å². The minimum Gasteiger partial charge on any atom is -0.470 e. The van der Waals surface area contributed by atoms with Crippen molar-refractivity contribution in [3.63, 3.8) is 0 Å². The molecule has 1 fully saturated rings. The Morgan fingerprint density at radius 2 is 2.25 bits per heavy atom. The molecule has 4 heterocycles. The van der Waals surface area contributed by atoms with E-state index in [1.54, 1.807) is 47.7 Å². The minimum absolute atomic E-state index is 0.121. The Hall–Kier alpha value is -2.80. The van der Waals surface area contributed by atoms with Crippen molar-refractivity contribution in [3.05, 3.63) is 53.5 Å². The van der Waals surface area contributed by atoms with E-state index in [9.17, 15) is 4.79 Å². The molecule has 0 radical (unpaired) electrons. The first-order valence-corrected chi connectivity index (χ1v) is 7.74. The zero-order valence-electron chi connectivity index (χ0n) is 12.5. The first-order valence-electron chi connectivity index (χ1n) is 7.36. The third kappa shape index (κ3) is 2.74. The van der Waals surface area contributed by atoms with Crippen molar-refractivity contribution < 1.29 is 13.9 Å². The van der Waals surface area contributed by atoms with Crippen molar-refractivity contribution in [2.75, 3.05) is 13.1 Å². The van der Waals surface area contributed by atoms with E-state index < -0.39 is 0 Å². The van der Waals surface area contributed by atoms with E-state index in [1.807, 2.05) is 0 Å². The fourth-order valence-corrected chi connectivity index (χ4v) is 2.61. The Balaban J connectivity index is 1.37. The van der Waals surface area contributed by atoms with Gasteiger partial charge in [0.25, 0.3) is 5.91 Å². The number of likely N-dealkylation sites (tertiary alicyclic amines) is 1. The minimum atomic E-state index is -0.156. The number of aromatic amines is 1. The Labute approximate surface area is 142 Å². The largest absolute Gasteiger partial charge is 0.470 e. The summed E-state index contributed by atoms with van der Waals surface area (Å²) in [7, 11) is 0. The van der Waals surface area contributed by atoms with Crippen LogP contribution in [0.1, 0.15) is 10.5 Å². The van der Waals surface area contributed by atoms with Crippen LogP contribution in [-0.4, -0.2) is 45.2 Å². The van der Waals surface area contributed by atoms with Gasteiger partial charge in [0.1, 0.15) is 16.8 Å². The molecular weight excluding hydrogens is 332 g/mol. The SMILES string of the molecule is O=C(c1cc(-c2ccco2)[nH]n1)N1CC(Oc2ncccc2Cl)C1. The number of hydrogen-bond acceptors (Lipinski definition) is 5. The number of hydrogen-bond donors (Lipinski definition) is 1. The quantitative estimate of drug-likeness (QED) is 0.786. The van der Waals surface area contributed by atoms with E-state index in [0.717, 1.165) is 0 Å². The number of halogens is 1. The van der Waals surface area contributed by atoms with Gasteiger partial charge in [-0.05, 0) is 24.3 Å². The molecule has 1 aliphatic rings. The first-order chi connectivity index (χ1) is 11.7.